The SMILES string of the molecule is C[C@H]1[C@@H](OC(=O)OC(C)(C)C)[C@H](n2cnc3c(N(C(=O)OC(C)(C)C)C(=O)OC(C)(C)C)nc(Cl)nc32)O[C@@H]1CO. The first-order chi connectivity index (χ1) is 18.7. The van der Waals surface area contributed by atoms with Gasteiger partial charge in [-0.15, -0.1) is 0 Å². The van der Waals surface area contributed by atoms with Crippen molar-refractivity contribution in [3.05, 3.63) is 11.6 Å². The molecule has 3 rings (SSSR count). The van der Waals surface area contributed by atoms with Crippen molar-refractivity contribution in [2.45, 2.75) is 104 Å². The van der Waals surface area contributed by atoms with E-state index in [9.17, 15) is 19.5 Å². The third-order valence-corrected chi connectivity index (χ3v) is 5.68. The molecule has 1 N–H and O–H groups in total. The van der Waals surface area contributed by atoms with E-state index in [2.05, 4.69) is 15.0 Å². The lowest BCUT2D eigenvalue weighted by Crippen LogP contribution is -2.44. The van der Waals surface area contributed by atoms with Crippen molar-refractivity contribution >= 4 is 46.9 Å². The second kappa shape index (κ2) is 11.6. The summed E-state index contributed by atoms with van der Waals surface area (Å²) in [4.78, 5) is 52.4. The number of anilines is 1. The molecule has 2 aromatic rings. The van der Waals surface area contributed by atoms with E-state index in [1.54, 1.807) is 69.2 Å². The Morgan fingerprint density at radius 1 is 0.976 bits per heavy atom. The van der Waals surface area contributed by atoms with Gasteiger partial charge in [0.25, 0.3) is 0 Å². The van der Waals surface area contributed by atoms with Gasteiger partial charge in [-0.25, -0.2) is 19.4 Å². The second-order valence-electron chi connectivity index (χ2n) is 12.6. The number of aromatic nitrogens is 4. The van der Waals surface area contributed by atoms with Gasteiger partial charge in [0.05, 0.1) is 19.0 Å². The van der Waals surface area contributed by atoms with Gasteiger partial charge in [0.15, 0.2) is 29.3 Å². The zero-order valence-corrected chi connectivity index (χ0v) is 25.7. The van der Waals surface area contributed by atoms with E-state index in [1.807, 2.05) is 0 Å². The van der Waals surface area contributed by atoms with Crippen molar-refractivity contribution < 1.29 is 43.2 Å². The normalized spacial score (nSPS) is 21.5. The van der Waals surface area contributed by atoms with Crippen LogP contribution in [0.3, 0.4) is 0 Å². The monoisotopic (exact) mass is 599 g/mol. The third-order valence-electron chi connectivity index (χ3n) is 5.52. The lowest BCUT2D eigenvalue weighted by molar-refractivity contribution is -0.0754. The summed E-state index contributed by atoms with van der Waals surface area (Å²) in [5, 5.41) is 9.56. The number of rotatable bonds is 4. The molecule has 0 aliphatic carbocycles. The third kappa shape index (κ3) is 7.95. The fraction of sp³-hybridized carbons (Fsp3) is 0.692. The van der Waals surface area contributed by atoms with Gasteiger partial charge >= 0.3 is 18.3 Å². The molecule has 1 saturated heterocycles. The van der Waals surface area contributed by atoms with Gasteiger partial charge in [0.1, 0.15) is 16.8 Å². The first kappa shape index (κ1) is 32.3. The summed E-state index contributed by atoms with van der Waals surface area (Å²) in [5.41, 5.74) is -2.72. The molecule has 0 unspecified atom stereocenters. The number of imide groups is 1. The Labute approximate surface area is 243 Å². The van der Waals surface area contributed by atoms with Crippen LogP contribution in [0.2, 0.25) is 5.28 Å². The van der Waals surface area contributed by atoms with Gasteiger partial charge in [0.2, 0.25) is 5.28 Å². The largest absolute Gasteiger partial charge is 0.509 e. The molecule has 1 aliphatic heterocycles. The quantitative estimate of drug-likeness (QED) is 0.284. The number of nitrogens with zero attached hydrogens (tertiary/aromatic N) is 5. The molecular weight excluding hydrogens is 562 g/mol. The second-order valence-corrected chi connectivity index (χ2v) is 12.9. The number of carbonyl (C=O) groups excluding carboxylic acids is 3. The van der Waals surface area contributed by atoms with Crippen LogP contribution in [0.4, 0.5) is 20.2 Å². The molecule has 14 nitrogen and oxygen atoms in total. The average molecular weight is 600 g/mol. The van der Waals surface area contributed by atoms with Crippen LogP contribution in [0.25, 0.3) is 11.2 Å². The van der Waals surface area contributed by atoms with Crippen molar-refractivity contribution in [1.29, 1.82) is 0 Å². The van der Waals surface area contributed by atoms with Gasteiger partial charge in [-0.1, -0.05) is 6.92 Å². The van der Waals surface area contributed by atoms with Crippen molar-refractivity contribution in [3.63, 3.8) is 0 Å². The zero-order chi connectivity index (χ0) is 31.1. The van der Waals surface area contributed by atoms with Gasteiger partial charge in [-0.2, -0.15) is 14.9 Å². The predicted octanol–water partition coefficient (Wildman–Crippen LogP) is 5.00. The summed E-state index contributed by atoms with van der Waals surface area (Å²) in [7, 11) is 0. The van der Waals surface area contributed by atoms with Crippen LogP contribution in [-0.4, -0.2) is 78.6 Å². The lowest BCUT2D eigenvalue weighted by Gasteiger charge is -2.28. The van der Waals surface area contributed by atoms with Gasteiger partial charge in [-0.3, -0.25) is 4.57 Å². The molecule has 41 heavy (non-hydrogen) atoms. The zero-order valence-electron chi connectivity index (χ0n) is 24.9. The highest BCUT2D eigenvalue weighted by molar-refractivity contribution is 6.29. The van der Waals surface area contributed by atoms with Gasteiger partial charge in [-0.05, 0) is 73.9 Å². The van der Waals surface area contributed by atoms with E-state index in [4.69, 9.17) is 35.3 Å². The highest BCUT2D eigenvalue weighted by atomic mass is 35.5. The number of aliphatic hydroxyl groups is 1. The van der Waals surface area contributed by atoms with E-state index in [0.717, 1.165) is 0 Å². The molecule has 0 saturated carbocycles. The minimum Gasteiger partial charge on any atom is -0.443 e. The van der Waals surface area contributed by atoms with Crippen LogP contribution >= 0.6 is 11.6 Å². The van der Waals surface area contributed by atoms with Crippen molar-refractivity contribution in [2.24, 2.45) is 5.92 Å². The van der Waals surface area contributed by atoms with E-state index in [-0.39, 0.29) is 28.9 Å². The minimum absolute atomic E-state index is 0.0224. The number of halogens is 1. The number of carbonyl (C=O) groups is 3. The number of amides is 2. The Kier molecular flexibility index (Phi) is 9.11. The Morgan fingerprint density at radius 3 is 2.00 bits per heavy atom. The highest BCUT2D eigenvalue weighted by Crippen LogP contribution is 2.39. The Balaban J connectivity index is 2.12. The summed E-state index contributed by atoms with van der Waals surface area (Å²) < 4.78 is 29.3. The molecule has 1 aliphatic rings. The molecule has 2 amide bonds. The summed E-state index contributed by atoms with van der Waals surface area (Å²) >= 11 is 6.28. The minimum atomic E-state index is -1.07. The maximum Gasteiger partial charge on any atom is 0.509 e. The van der Waals surface area contributed by atoms with Crippen LogP contribution in [0.5, 0.6) is 0 Å². The molecule has 228 valence electrons. The first-order valence-electron chi connectivity index (χ1n) is 13.0. The maximum atomic E-state index is 13.3. The summed E-state index contributed by atoms with van der Waals surface area (Å²) in [6.07, 6.45) is -4.45. The maximum absolute atomic E-state index is 13.3. The molecule has 3 heterocycles. The van der Waals surface area contributed by atoms with E-state index < -0.39 is 59.5 Å². The fourth-order valence-electron chi connectivity index (χ4n) is 3.92. The van der Waals surface area contributed by atoms with E-state index >= 15 is 0 Å². The number of hydrogen-bond acceptors (Lipinski definition) is 12. The lowest BCUT2D eigenvalue weighted by atomic mass is 10.0. The van der Waals surface area contributed by atoms with Gasteiger partial charge < -0.3 is 28.8 Å². The average Bonchev–Trinajstić information content (AvgIpc) is 3.31. The van der Waals surface area contributed by atoms with Crippen LogP contribution in [0, 0.1) is 5.92 Å². The number of hydrogen-bond donors (Lipinski definition) is 1. The number of fused-ring (bicyclic) bond motifs is 1. The van der Waals surface area contributed by atoms with Crippen molar-refractivity contribution in [2.75, 3.05) is 11.5 Å². The summed E-state index contributed by atoms with van der Waals surface area (Å²) in [6, 6.07) is 0. The Bertz CT molecular complexity index is 1270. The van der Waals surface area contributed by atoms with Crippen LogP contribution in [0.15, 0.2) is 6.33 Å². The van der Waals surface area contributed by atoms with Crippen molar-refractivity contribution in [3.8, 4) is 0 Å². The molecule has 0 aromatic carbocycles. The Morgan fingerprint density at radius 2 is 1.51 bits per heavy atom. The smallest absolute Gasteiger partial charge is 0.443 e. The van der Waals surface area contributed by atoms with Gasteiger partial charge in [0, 0.05) is 5.92 Å². The molecule has 0 radical (unpaired) electrons. The molecule has 0 bridgehead atoms. The van der Waals surface area contributed by atoms with E-state index in [0.29, 0.717) is 4.90 Å². The molecule has 1 fully saturated rings. The van der Waals surface area contributed by atoms with Crippen LogP contribution in [-0.2, 0) is 23.7 Å². The van der Waals surface area contributed by atoms with Crippen LogP contribution < -0.4 is 4.90 Å². The molecule has 2 aromatic heterocycles. The topological polar surface area (TPSA) is 164 Å². The summed E-state index contributed by atoms with van der Waals surface area (Å²) in [6.45, 7) is 16.3. The Hall–Kier alpha value is -3.23. The van der Waals surface area contributed by atoms with Crippen LogP contribution in [0.1, 0.15) is 75.5 Å². The molecular formula is C26H38ClN5O9. The number of aliphatic hydroxyl groups excluding tert-OH is 1. The first-order valence-corrected chi connectivity index (χ1v) is 13.4. The summed E-state index contributed by atoms with van der Waals surface area (Å²) in [5.74, 6) is -0.761. The fourth-order valence-corrected chi connectivity index (χ4v) is 4.08. The van der Waals surface area contributed by atoms with E-state index in [1.165, 1.54) is 10.9 Å². The number of imidazole rings is 1. The van der Waals surface area contributed by atoms with Crippen molar-refractivity contribution in [1.82, 2.24) is 19.5 Å². The molecule has 0 spiro atoms. The standard InChI is InChI=1S/C26H38ClN5O9/c1-13-14(11-33)37-19(16(13)38-23(36)41-26(8,9)10)31-12-28-15-17(31)29-20(27)30-18(15)32(21(34)39-24(2,3)4)22(35)40-25(5,6)7/h12-14,16,19,33H,11H2,1-10H3/t13-,14-,16-,19-/m1/s1. The molecule has 4 atom stereocenters. The number of ether oxygens (including phenoxy) is 5. The highest BCUT2D eigenvalue weighted by Gasteiger charge is 2.47. The molecule has 15 heteroatoms. The predicted molar refractivity (Wildman–Crippen MR) is 147 cm³/mol.